The Balaban J connectivity index is 5.92. The third-order valence-corrected chi connectivity index (χ3v) is 2.76. The number of guanidine groups is 1. The van der Waals surface area contributed by atoms with Crippen molar-refractivity contribution in [2.45, 2.75) is 59.7 Å². The molecule has 0 atom stereocenters. The van der Waals surface area contributed by atoms with Crippen LogP contribution in [0.1, 0.15) is 48.5 Å². The van der Waals surface area contributed by atoms with Crippen molar-refractivity contribution in [1.29, 1.82) is 0 Å². The number of rotatable bonds is 5. The van der Waals surface area contributed by atoms with Crippen LogP contribution in [0, 0.1) is 0 Å². The second kappa shape index (κ2) is 10.7. The highest BCUT2D eigenvalue weighted by molar-refractivity contribution is 6.00. The van der Waals surface area contributed by atoms with E-state index in [2.05, 4.69) is 11.6 Å². The van der Waals surface area contributed by atoms with Crippen LogP contribution < -0.4 is 0 Å². The zero-order chi connectivity index (χ0) is 22.1. The van der Waals surface area contributed by atoms with Crippen molar-refractivity contribution >= 4 is 24.1 Å². The van der Waals surface area contributed by atoms with Crippen molar-refractivity contribution in [3.63, 3.8) is 0 Å². The van der Waals surface area contributed by atoms with Gasteiger partial charge in [0, 0.05) is 13.6 Å². The topological polar surface area (TPSA) is 97.7 Å². The minimum Gasteiger partial charge on any atom is -0.465 e. The Kier molecular flexibility index (Phi) is 9.69. The minimum atomic E-state index is -0.907. The van der Waals surface area contributed by atoms with Gasteiger partial charge in [0.2, 0.25) is 5.96 Å². The van der Waals surface area contributed by atoms with Gasteiger partial charge in [0.1, 0.15) is 17.7 Å². The number of aliphatic imine (C=N–C) groups is 1. The number of hydrogen-bond donors (Lipinski definition) is 0. The fourth-order valence-electron chi connectivity index (χ4n) is 1.87. The van der Waals surface area contributed by atoms with Crippen LogP contribution in [0.5, 0.6) is 0 Å². The molecule has 0 saturated carbocycles. The molecular weight excluding hydrogens is 366 g/mol. The highest BCUT2D eigenvalue weighted by atomic mass is 16.6. The molecule has 0 N–H and O–H groups in total. The summed E-state index contributed by atoms with van der Waals surface area (Å²) < 4.78 is 15.5. The van der Waals surface area contributed by atoms with Gasteiger partial charge in [-0.05, 0) is 48.5 Å². The zero-order valence-corrected chi connectivity index (χ0v) is 18.2. The largest absolute Gasteiger partial charge is 0.465 e. The summed E-state index contributed by atoms with van der Waals surface area (Å²) in [5.41, 5.74) is -1.55. The molecule has 0 spiro atoms. The fraction of sp³-hybridized carbons (Fsp3) is 0.684. The molecule has 9 nitrogen and oxygen atoms in total. The Morgan fingerprint density at radius 3 is 2.00 bits per heavy atom. The van der Waals surface area contributed by atoms with E-state index in [1.54, 1.807) is 48.5 Å². The van der Waals surface area contributed by atoms with Crippen molar-refractivity contribution in [1.82, 2.24) is 9.80 Å². The van der Waals surface area contributed by atoms with Crippen LogP contribution in [-0.2, 0) is 19.0 Å². The summed E-state index contributed by atoms with van der Waals surface area (Å²) in [6.45, 7) is 15.5. The third-order valence-electron chi connectivity index (χ3n) is 2.76. The van der Waals surface area contributed by atoms with Gasteiger partial charge < -0.3 is 19.1 Å². The number of carbonyl (C=O) groups is 3. The molecule has 0 aromatic rings. The Morgan fingerprint density at radius 1 is 1.04 bits per heavy atom. The maximum absolute atomic E-state index is 12.7. The molecular formula is C19H33N3O6. The van der Waals surface area contributed by atoms with Crippen LogP contribution in [0.25, 0.3) is 0 Å². The van der Waals surface area contributed by atoms with Crippen LogP contribution in [0.4, 0.5) is 9.59 Å². The first-order chi connectivity index (χ1) is 12.7. The summed E-state index contributed by atoms with van der Waals surface area (Å²) in [4.78, 5) is 43.1. The molecule has 0 heterocycles. The molecule has 0 radical (unpaired) electrons. The summed E-state index contributed by atoms with van der Waals surface area (Å²) in [6, 6.07) is 0. The summed E-state index contributed by atoms with van der Waals surface area (Å²) in [5.74, 6) is -0.652. The SMILES string of the molecule is C=CCN(C(=O)OC(C)(C)C)/C(=N\C(=O)OC(C)(C)C)N(C)CC(=O)OCC. The van der Waals surface area contributed by atoms with E-state index in [1.165, 1.54) is 18.0 Å². The second-order valence-electron chi connectivity index (χ2n) is 7.93. The van der Waals surface area contributed by atoms with E-state index in [4.69, 9.17) is 14.2 Å². The first-order valence-corrected chi connectivity index (χ1v) is 9.00. The average molecular weight is 399 g/mol. The van der Waals surface area contributed by atoms with E-state index < -0.39 is 29.4 Å². The van der Waals surface area contributed by atoms with E-state index in [9.17, 15) is 14.4 Å². The van der Waals surface area contributed by atoms with Crippen LogP contribution in [0.15, 0.2) is 17.6 Å². The number of hydrogen-bond acceptors (Lipinski definition) is 6. The van der Waals surface area contributed by atoms with E-state index in [0.29, 0.717) is 0 Å². The molecule has 0 saturated heterocycles. The van der Waals surface area contributed by atoms with Crippen molar-refractivity contribution in [2.24, 2.45) is 4.99 Å². The summed E-state index contributed by atoms with van der Waals surface area (Å²) in [5, 5.41) is 0. The van der Waals surface area contributed by atoms with Gasteiger partial charge in [-0.25, -0.2) is 14.5 Å². The van der Waals surface area contributed by atoms with Crippen LogP contribution >= 0.6 is 0 Å². The molecule has 9 heteroatoms. The predicted octanol–water partition coefficient (Wildman–Crippen LogP) is 3.20. The molecule has 160 valence electrons. The highest BCUT2D eigenvalue weighted by Crippen LogP contribution is 2.13. The molecule has 0 rings (SSSR count). The molecule has 2 amide bonds. The lowest BCUT2D eigenvalue weighted by molar-refractivity contribution is -0.143. The predicted molar refractivity (Wildman–Crippen MR) is 106 cm³/mol. The van der Waals surface area contributed by atoms with Gasteiger partial charge in [-0.2, -0.15) is 0 Å². The van der Waals surface area contributed by atoms with Crippen LogP contribution in [0.3, 0.4) is 0 Å². The van der Waals surface area contributed by atoms with E-state index >= 15 is 0 Å². The second-order valence-corrected chi connectivity index (χ2v) is 7.93. The van der Waals surface area contributed by atoms with Gasteiger partial charge in [-0.3, -0.25) is 4.79 Å². The first kappa shape index (κ1) is 25.4. The van der Waals surface area contributed by atoms with E-state index in [1.807, 2.05) is 0 Å². The third kappa shape index (κ3) is 10.5. The summed E-state index contributed by atoms with van der Waals surface area (Å²) in [7, 11) is 1.50. The Bertz CT molecular complexity index is 602. The van der Waals surface area contributed by atoms with Crippen molar-refractivity contribution in [3.05, 3.63) is 12.7 Å². The molecule has 0 aliphatic carbocycles. The number of likely N-dealkylation sites (N-methyl/N-ethyl adjacent to an activating group) is 1. The number of nitrogens with zero attached hydrogens (tertiary/aromatic N) is 3. The lowest BCUT2D eigenvalue weighted by Gasteiger charge is -2.31. The number of esters is 1. The Morgan fingerprint density at radius 2 is 1.57 bits per heavy atom. The molecule has 0 bridgehead atoms. The summed E-state index contributed by atoms with van der Waals surface area (Å²) >= 11 is 0. The molecule has 0 aromatic heterocycles. The van der Waals surface area contributed by atoms with Gasteiger partial charge in [0.25, 0.3) is 0 Å². The number of ether oxygens (including phenoxy) is 3. The van der Waals surface area contributed by atoms with Crippen LogP contribution in [-0.4, -0.2) is 71.9 Å². The van der Waals surface area contributed by atoms with Gasteiger partial charge in [0.15, 0.2) is 0 Å². The lowest BCUT2D eigenvalue weighted by Crippen LogP contribution is -2.49. The Hall–Kier alpha value is -2.58. The highest BCUT2D eigenvalue weighted by Gasteiger charge is 2.29. The average Bonchev–Trinajstić information content (AvgIpc) is 2.47. The number of amides is 2. The first-order valence-electron chi connectivity index (χ1n) is 9.00. The van der Waals surface area contributed by atoms with E-state index in [0.717, 1.165) is 4.90 Å². The zero-order valence-electron chi connectivity index (χ0n) is 18.2. The normalized spacial score (nSPS) is 12.1. The molecule has 0 aliphatic rings. The number of carbonyl (C=O) groups excluding carboxylic acids is 3. The van der Waals surface area contributed by atoms with Crippen molar-refractivity contribution in [3.8, 4) is 0 Å². The standard InChI is InChI=1S/C19H33N3O6/c1-10-12-22(17(25)28-19(6,7)8)15(20-16(24)27-18(3,4)5)21(9)13-14(23)26-11-2/h10H,1,11-13H2,2-9H3/b20-15-. The van der Waals surface area contributed by atoms with E-state index in [-0.39, 0.29) is 25.7 Å². The van der Waals surface area contributed by atoms with Crippen LogP contribution in [0.2, 0.25) is 0 Å². The van der Waals surface area contributed by atoms with Gasteiger partial charge in [-0.15, -0.1) is 11.6 Å². The summed E-state index contributed by atoms with van der Waals surface area (Å²) in [6.07, 6.45) is -0.200. The minimum absolute atomic E-state index is 0.00368. The monoisotopic (exact) mass is 399 g/mol. The lowest BCUT2D eigenvalue weighted by atomic mass is 10.2. The van der Waals surface area contributed by atoms with Gasteiger partial charge >= 0.3 is 18.2 Å². The van der Waals surface area contributed by atoms with Crippen molar-refractivity contribution in [2.75, 3.05) is 26.7 Å². The molecule has 28 heavy (non-hydrogen) atoms. The molecule has 0 aromatic carbocycles. The van der Waals surface area contributed by atoms with Crippen molar-refractivity contribution < 1.29 is 28.6 Å². The van der Waals surface area contributed by atoms with Gasteiger partial charge in [0.05, 0.1) is 6.61 Å². The fourth-order valence-corrected chi connectivity index (χ4v) is 1.87. The molecule has 0 fully saturated rings. The maximum Gasteiger partial charge on any atom is 0.437 e. The van der Waals surface area contributed by atoms with Gasteiger partial charge in [-0.1, -0.05) is 6.08 Å². The molecule has 0 aliphatic heterocycles. The quantitative estimate of drug-likeness (QED) is 0.230. The smallest absolute Gasteiger partial charge is 0.437 e. The Labute approximate surface area is 167 Å². The maximum atomic E-state index is 12.7. The molecule has 0 unspecified atom stereocenters.